The van der Waals surface area contributed by atoms with Crippen LogP contribution in [0.5, 0.6) is 5.75 Å². The van der Waals surface area contributed by atoms with E-state index in [9.17, 15) is 4.79 Å². The van der Waals surface area contributed by atoms with Gasteiger partial charge in [-0.1, -0.05) is 41.9 Å². The first kappa shape index (κ1) is 21.5. The molecule has 1 atom stereocenters. The van der Waals surface area contributed by atoms with Crippen LogP contribution in [-0.2, 0) is 11.3 Å². The quantitative estimate of drug-likeness (QED) is 0.360. The summed E-state index contributed by atoms with van der Waals surface area (Å²) in [7, 11) is 0. The number of hydrogen-bond acceptors (Lipinski definition) is 3. The van der Waals surface area contributed by atoms with Gasteiger partial charge in [0.25, 0.3) is 0 Å². The predicted octanol–water partition coefficient (Wildman–Crippen LogP) is 5.91. The third-order valence-corrected chi connectivity index (χ3v) is 6.45. The minimum absolute atomic E-state index is 0.00425. The average molecular weight is 460 g/mol. The van der Waals surface area contributed by atoms with Crippen molar-refractivity contribution in [3.63, 3.8) is 0 Å². The number of nitrogens with zero attached hydrogens (tertiary/aromatic N) is 3. The molecule has 1 fully saturated rings. The van der Waals surface area contributed by atoms with Gasteiger partial charge in [-0.15, -0.1) is 0 Å². The lowest BCUT2D eigenvalue weighted by atomic mass is 10.1. The van der Waals surface area contributed by atoms with Gasteiger partial charge in [0.1, 0.15) is 18.2 Å². The highest BCUT2D eigenvalue weighted by molar-refractivity contribution is 6.30. The van der Waals surface area contributed by atoms with Gasteiger partial charge in [-0.3, -0.25) is 4.79 Å². The van der Waals surface area contributed by atoms with Crippen molar-refractivity contribution >= 4 is 34.2 Å². The molecule has 5 rings (SSSR count). The highest BCUT2D eigenvalue weighted by Crippen LogP contribution is 2.34. The Balaban J connectivity index is 1.41. The second-order valence-electron chi connectivity index (χ2n) is 8.61. The molecule has 3 aromatic carbocycles. The van der Waals surface area contributed by atoms with Crippen molar-refractivity contribution in [1.82, 2.24) is 9.55 Å². The van der Waals surface area contributed by atoms with E-state index in [4.69, 9.17) is 21.3 Å². The molecule has 5 nitrogen and oxygen atoms in total. The van der Waals surface area contributed by atoms with E-state index in [1.54, 1.807) is 0 Å². The first-order chi connectivity index (χ1) is 16.0. The normalized spacial score (nSPS) is 16.0. The zero-order chi connectivity index (χ0) is 22.9. The molecule has 168 valence electrons. The maximum Gasteiger partial charge on any atom is 0.227 e. The van der Waals surface area contributed by atoms with E-state index in [1.165, 1.54) is 5.56 Å². The first-order valence-electron chi connectivity index (χ1n) is 11.2. The number of anilines is 1. The highest BCUT2D eigenvalue weighted by atomic mass is 35.5. The van der Waals surface area contributed by atoms with Gasteiger partial charge in [0, 0.05) is 29.6 Å². The fourth-order valence-electron chi connectivity index (χ4n) is 4.52. The standard InChI is InChI=1S/C27H26ClN3O2/c1-18-10-11-19(2)25(14-18)33-13-12-30-24-9-4-3-8-23(24)29-27(30)20-15-26(32)31(17-20)22-7-5-6-21(28)16-22/h3-11,14,16,20H,12-13,15,17H2,1-2H3/t20-/m0/s1. The lowest BCUT2D eigenvalue weighted by Gasteiger charge is -2.18. The average Bonchev–Trinajstić information content (AvgIpc) is 3.37. The predicted molar refractivity (Wildman–Crippen MR) is 132 cm³/mol. The SMILES string of the molecule is Cc1ccc(C)c(OCCn2c([C@H]3CC(=O)N(c4cccc(Cl)c4)C3)nc3ccccc32)c1. The third-order valence-electron chi connectivity index (χ3n) is 6.21. The number of ether oxygens (including phenoxy) is 1. The summed E-state index contributed by atoms with van der Waals surface area (Å²) in [5, 5.41) is 0.625. The van der Waals surface area contributed by atoms with Gasteiger partial charge in [0.15, 0.2) is 0 Å². The Morgan fingerprint density at radius 2 is 1.91 bits per heavy atom. The molecule has 1 saturated heterocycles. The maximum absolute atomic E-state index is 12.9. The van der Waals surface area contributed by atoms with E-state index in [0.29, 0.717) is 31.1 Å². The van der Waals surface area contributed by atoms with E-state index < -0.39 is 0 Å². The number of amides is 1. The van der Waals surface area contributed by atoms with Gasteiger partial charge in [0.05, 0.1) is 17.6 Å². The first-order valence-corrected chi connectivity index (χ1v) is 11.6. The molecule has 2 heterocycles. The lowest BCUT2D eigenvalue weighted by molar-refractivity contribution is -0.117. The zero-order valence-electron chi connectivity index (χ0n) is 18.8. The Morgan fingerprint density at radius 1 is 1.06 bits per heavy atom. The summed E-state index contributed by atoms with van der Waals surface area (Å²) in [4.78, 5) is 19.6. The molecule has 0 aliphatic carbocycles. The molecule has 0 spiro atoms. The Kier molecular flexibility index (Phi) is 5.81. The number of aryl methyl sites for hydroxylation is 2. The number of aromatic nitrogens is 2. The van der Waals surface area contributed by atoms with Crippen molar-refractivity contribution in [2.75, 3.05) is 18.1 Å². The minimum atomic E-state index is 0.00425. The van der Waals surface area contributed by atoms with Crippen molar-refractivity contribution < 1.29 is 9.53 Å². The van der Waals surface area contributed by atoms with Crippen LogP contribution in [0.3, 0.4) is 0 Å². The van der Waals surface area contributed by atoms with Gasteiger partial charge < -0.3 is 14.2 Å². The summed E-state index contributed by atoms with van der Waals surface area (Å²) in [6.07, 6.45) is 0.424. The van der Waals surface area contributed by atoms with E-state index in [1.807, 2.05) is 47.4 Å². The molecule has 0 radical (unpaired) electrons. The van der Waals surface area contributed by atoms with Crippen LogP contribution in [0.1, 0.15) is 29.3 Å². The van der Waals surface area contributed by atoms with E-state index in [0.717, 1.165) is 33.9 Å². The minimum Gasteiger partial charge on any atom is -0.491 e. The van der Waals surface area contributed by atoms with Crippen LogP contribution >= 0.6 is 11.6 Å². The number of benzene rings is 3. The smallest absolute Gasteiger partial charge is 0.227 e. The number of fused-ring (bicyclic) bond motifs is 1. The van der Waals surface area contributed by atoms with Crippen LogP contribution in [0.25, 0.3) is 11.0 Å². The molecule has 33 heavy (non-hydrogen) atoms. The number of halogens is 1. The molecule has 4 aromatic rings. The molecule has 1 aliphatic rings. The number of para-hydroxylation sites is 2. The number of carbonyl (C=O) groups excluding carboxylic acids is 1. The van der Waals surface area contributed by atoms with Crippen molar-refractivity contribution in [1.29, 1.82) is 0 Å². The second kappa shape index (κ2) is 8.91. The van der Waals surface area contributed by atoms with Gasteiger partial charge in [-0.2, -0.15) is 0 Å². The lowest BCUT2D eigenvalue weighted by Crippen LogP contribution is -2.24. The van der Waals surface area contributed by atoms with Gasteiger partial charge in [0.2, 0.25) is 5.91 Å². The van der Waals surface area contributed by atoms with E-state index in [2.05, 4.69) is 42.7 Å². The van der Waals surface area contributed by atoms with Crippen LogP contribution in [0.2, 0.25) is 5.02 Å². The number of hydrogen-bond donors (Lipinski definition) is 0. The molecule has 0 bridgehead atoms. The number of rotatable bonds is 6. The summed E-state index contributed by atoms with van der Waals surface area (Å²) in [5.74, 6) is 1.93. The fraction of sp³-hybridized carbons (Fsp3) is 0.259. The van der Waals surface area contributed by atoms with Crippen LogP contribution in [0, 0.1) is 13.8 Å². The molecule has 1 aliphatic heterocycles. The Labute approximate surface area is 198 Å². The van der Waals surface area contributed by atoms with E-state index in [-0.39, 0.29) is 11.8 Å². The Morgan fingerprint density at radius 3 is 2.76 bits per heavy atom. The topological polar surface area (TPSA) is 47.4 Å². The largest absolute Gasteiger partial charge is 0.491 e. The number of carbonyl (C=O) groups is 1. The maximum atomic E-state index is 12.9. The second-order valence-corrected chi connectivity index (χ2v) is 9.05. The molecule has 0 N–H and O–H groups in total. The van der Waals surface area contributed by atoms with Crippen LogP contribution in [0.15, 0.2) is 66.7 Å². The summed E-state index contributed by atoms with van der Waals surface area (Å²) in [5.41, 5.74) is 5.12. The molecule has 1 aromatic heterocycles. The molecular weight excluding hydrogens is 434 g/mol. The summed E-state index contributed by atoms with van der Waals surface area (Å²) < 4.78 is 8.35. The van der Waals surface area contributed by atoms with Gasteiger partial charge >= 0.3 is 0 Å². The molecule has 1 amide bonds. The molecule has 0 unspecified atom stereocenters. The van der Waals surface area contributed by atoms with Crippen molar-refractivity contribution in [2.45, 2.75) is 32.7 Å². The Bertz CT molecular complexity index is 1330. The molecule has 6 heteroatoms. The zero-order valence-corrected chi connectivity index (χ0v) is 19.5. The molecule has 0 saturated carbocycles. The summed E-state index contributed by atoms with van der Waals surface area (Å²) in [6.45, 7) is 5.89. The summed E-state index contributed by atoms with van der Waals surface area (Å²) in [6, 6.07) is 21.8. The van der Waals surface area contributed by atoms with Crippen molar-refractivity contribution in [3.8, 4) is 5.75 Å². The van der Waals surface area contributed by atoms with E-state index >= 15 is 0 Å². The van der Waals surface area contributed by atoms with Crippen molar-refractivity contribution in [2.24, 2.45) is 0 Å². The third kappa shape index (κ3) is 4.33. The fourth-order valence-corrected chi connectivity index (χ4v) is 4.71. The highest BCUT2D eigenvalue weighted by Gasteiger charge is 2.34. The van der Waals surface area contributed by atoms with Crippen molar-refractivity contribution in [3.05, 3.63) is 88.7 Å². The van der Waals surface area contributed by atoms with Crippen LogP contribution in [0.4, 0.5) is 5.69 Å². The monoisotopic (exact) mass is 459 g/mol. The summed E-state index contributed by atoms with van der Waals surface area (Å²) >= 11 is 6.16. The number of imidazole rings is 1. The van der Waals surface area contributed by atoms with Gasteiger partial charge in [-0.25, -0.2) is 4.98 Å². The molecular formula is C27H26ClN3O2. The van der Waals surface area contributed by atoms with Crippen LogP contribution < -0.4 is 9.64 Å². The Hall–Kier alpha value is -3.31. The van der Waals surface area contributed by atoms with Crippen LogP contribution in [-0.4, -0.2) is 28.6 Å². The van der Waals surface area contributed by atoms with Gasteiger partial charge in [-0.05, 0) is 61.4 Å².